The third-order valence-corrected chi connectivity index (χ3v) is 6.24. The first-order chi connectivity index (χ1) is 17.7. The van der Waals surface area contributed by atoms with Crippen molar-refractivity contribution in [2.45, 2.75) is 110 Å². The van der Waals surface area contributed by atoms with Crippen LogP contribution in [0.3, 0.4) is 0 Å². The number of rotatable bonds is 31. The van der Waals surface area contributed by atoms with Crippen molar-refractivity contribution >= 4 is 5.97 Å². The summed E-state index contributed by atoms with van der Waals surface area (Å²) < 4.78 is 6.14. The van der Waals surface area contributed by atoms with Gasteiger partial charge in [-0.3, -0.25) is 10.1 Å². The smallest absolute Gasteiger partial charge is 0.304 e. The van der Waals surface area contributed by atoms with Gasteiger partial charge in [0.05, 0.1) is 6.42 Å². The van der Waals surface area contributed by atoms with Gasteiger partial charge < -0.3 is 31.1 Å². The molecular weight excluding hydrogens is 454 g/mol. The van der Waals surface area contributed by atoms with Crippen LogP contribution >= 0.6 is 0 Å². The lowest BCUT2D eigenvalue weighted by molar-refractivity contribution is -0.136. The molecule has 0 aliphatic carbocycles. The maximum Gasteiger partial charge on any atom is 0.304 e. The van der Waals surface area contributed by atoms with Crippen LogP contribution in [0, 0.1) is 0 Å². The minimum Gasteiger partial charge on any atom is -0.481 e. The zero-order valence-electron chi connectivity index (χ0n) is 23.8. The summed E-state index contributed by atoms with van der Waals surface area (Å²) in [7, 11) is 0. The fraction of sp³-hybridized carbons (Fsp3) is 0.964. The highest BCUT2D eigenvalue weighted by molar-refractivity contribution is 5.66. The summed E-state index contributed by atoms with van der Waals surface area (Å²) in [4.78, 5) is 10.4. The van der Waals surface area contributed by atoms with E-state index in [1.165, 1.54) is 77.2 Å². The standard InChI is InChI=1S/C28H61N5O3/c1-3-5-7-8-9-12-17-29-18-13-10-11-15-27(36-26-14-6-4-2)33-25-24-32-23-22-31-21-20-30-19-16-28(34)35/h27,29-33H,3-26H2,1-2H3,(H,34,35). The fourth-order valence-corrected chi connectivity index (χ4v) is 3.98. The third kappa shape index (κ3) is 29.5. The van der Waals surface area contributed by atoms with Crippen molar-refractivity contribution in [3.63, 3.8) is 0 Å². The van der Waals surface area contributed by atoms with Crippen LogP contribution in [0.4, 0.5) is 0 Å². The van der Waals surface area contributed by atoms with E-state index in [2.05, 4.69) is 40.4 Å². The fourth-order valence-electron chi connectivity index (χ4n) is 3.98. The maximum absolute atomic E-state index is 10.4. The number of hydrogen-bond donors (Lipinski definition) is 6. The lowest BCUT2D eigenvalue weighted by Crippen LogP contribution is -2.39. The molecule has 0 amide bonds. The Kier molecular flexibility index (Phi) is 29.8. The first-order valence-corrected chi connectivity index (χ1v) is 15.1. The number of carboxylic acid groups (broad SMARTS) is 1. The predicted molar refractivity (Wildman–Crippen MR) is 153 cm³/mol. The van der Waals surface area contributed by atoms with Crippen molar-refractivity contribution in [3.8, 4) is 0 Å². The topological polar surface area (TPSA) is 107 Å². The van der Waals surface area contributed by atoms with Crippen LogP contribution in [0.1, 0.15) is 104 Å². The van der Waals surface area contributed by atoms with E-state index in [1.807, 2.05) is 0 Å². The van der Waals surface area contributed by atoms with Crippen molar-refractivity contribution in [1.82, 2.24) is 26.6 Å². The van der Waals surface area contributed by atoms with Crippen LogP contribution < -0.4 is 26.6 Å². The van der Waals surface area contributed by atoms with Crippen LogP contribution in [-0.4, -0.2) is 82.8 Å². The van der Waals surface area contributed by atoms with E-state index in [-0.39, 0.29) is 12.6 Å². The Morgan fingerprint density at radius 1 is 0.611 bits per heavy atom. The molecule has 1 unspecified atom stereocenters. The number of unbranched alkanes of at least 4 members (excludes halogenated alkanes) is 9. The Hall–Kier alpha value is -0.770. The first-order valence-electron chi connectivity index (χ1n) is 15.1. The van der Waals surface area contributed by atoms with Gasteiger partial charge in [-0.1, -0.05) is 65.2 Å². The van der Waals surface area contributed by atoms with Gasteiger partial charge in [0.25, 0.3) is 0 Å². The molecule has 0 fully saturated rings. The van der Waals surface area contributed by atoms with E-state index in [1.54, 1.807) is 0 Å². The molecule has 216 valence electrons. The van der Waals surface area contributed by atoms with Crippen LogP contribution in [0.15, 0.2) is 0 Å². The van der Waals surface area contributed by atoms with E-state index < -0.39 is 5.97 Å². The quantitative estimate of drug-likeness (QED) is 0.0611. The molecule has 0 aliphatic rings. The summed E-state index contributed by atoms with van der Waals surface area (Å²) in [6, 6.07) is 0. The van der Waals surface area contributed by atoms with Gasteiger partial charge in [0.1, 0.15) is 6.23 Å². The summed E-state index contributed by atoms with van der Waals surface area (Å²) in [5, 5.41) is 25.7. The molecule has 0 rings (SSSR count). The molecule has 0 heterocycles. The molecule has 1 atom stereocenters. The summed E-state index contributed by atoms with van der Waals surface area (Å²) in [5.74, 6) is -0.756. The first kappa shape index (κ1) is 35.2. The molecule has 8 heteroatoms. The van der Waals surface area contributed by atoms with Gasteiger partial charge in [-0.15, -0.1) is 0 Å². The lowest BCUT2D eigenvalue weighted by Gasteiger charge is -2.20. The average Bonchev–Trinajstić information content (AvgIpc) is 2.87. The molecule has 0 aromatic heterocycles. The average molecular weight is 516 g/mol. The van der Waals surface area contributed by atoms with Crippen LogP contribution in [0.25, 0.3) is 0 Å². The molecule has 0 aromatic rings. The molecule has 0 bridgehead atoms. The number of nitrogens with one attached hydrogen (secondary N) is 5. The second kappa shape index (κ2) is 30.5. The second-order valence-electron chi connectivity index (χ2n) is 9.78. The normalized spacial score (nSPS) is 12.3. The van der Waals surface area contributed by atoms with Gasteiger partial charge in [0, 0.05) is 52.4 Å². The number of hydrogen-bond acceptors (Lipinski definition) is 7. The molecule has 8 nitrogen and oxygen atoms in total. The monoisotopic (exact) mass is 515 g/mol. The summed E-state index contributed by atoms with van der Waals surface area (Å²) in [5.41, 5.74) is 0. The highest BCUT2D eigenvalue weighted by Crippen LogP contribution is 2.07. The summed E-state index contributed by atoms with van der Waals surface area (Å²) >= 11 is 0. The molecule has 0 aromatic carbocycles. The molecule has 0 radical (unpaired) electrons. The van der Waals surface area contributed by atoms with E-state index in [9.17, 15) is 4.79 Å². The van der Waals surface area contributed by atoms with Crippen molar-refractivity contribution in [2.24, 2.45) is 0 Å². The second-order valence-corrected chi connectivity index (χ2v) is 9.78. The van der Waals surface area contributed by atoms with Gasteiger partial charge in [-0.05, 0) is 45.2 Å². The third-order valence-electron chi connectivity index (χ3n) is 6.24. The van der Waals surface area contributed by atoms with Crippen molar-refractivity contribution in [3.05, 3.63) is 0 Å². The minimum atomic E-state index is -0.756. The van der Waals surface area contributed by atoms with Gasteiger partial charge >= 0.3 is 5.97 Å². The Labute approximate surface area is 222 Å². The Balaban J connectivity index is 3.67. The summed E-state index contributed by atoms with van der Waals surface area (Å²) in [6.45, 7) is 13.5. The number of ether oxygens (including phenoxy) is 1. The van der Waals surface area contributed by atoms with E-state index >= 15 is 0 Å². The minimum absolute atomic E-state index is 0.162. The number of carboxylic acids is 1. The van der Waals surface area contributed by atoms with E-state index in [0.29, 0.717) is 6.54 Å². The zero-order chi connectivity index (χ0) is 26.4. The molecule has 0 saturated carbocycles. The Morgan fingerprint density at radius 3 is 1.75 bits per heavy atom. The highest BCUT2D eigenvalue weighted by Gasteiger charge is 2.08. The van der Waals surface area contributed by atoms with Crippen molar-refractivity contribution < 1.29 is 14.6 Å². The SMILES string of the molecule is CCCCCCCCNCCCCCC(NCCNCCNCCNCCC(=O)O)OCCCCC. The van der Waals surface area contributed by atoms with Crippen LogP contribution in [0.2, 0.25) is 0 Å². The Morgan fingerprint density at radius 2 is 1.11 bits per heavy atom. The molecular formula is C28H61N5O3. The van der Waals surface area contributed by atoms with Crippen LogP contribution in [-0.2, 0) is 9.53 Å². The zero-order valence-corrected chi connectivity index (χ0v) is 23.8. The highest BCUT2D eigenvalue weighted by atomic mass is 16.5. The molecule has 0 spiro atoms. The number of carbonyl (C=O) groups is 1. The van der Waals surface area contributed by atoms with Crippen LogP contribution in [0.5, 0.6) is 0 Å². The Bertz CT molecular complexity index is 443. The van der Waals surface area contributed by atoms with E-state index in [4.69, 9.17) is 9.84 Å². The largest absolute Gasteiger partial charge is 0.481 e. The summed E-state index contributed by atoms with van der Waals surface area (Å²) in [6.07, 6.45) is 16.9. The number of aliphatic carboxylic acids is 1. The van der Waals surface area contributed by atoms with Gasteiger partial charge in [-0.25, -0.2) is 0 Å². The van der Waals surface area contributed by atoms with Crippen molar-refractivity contribution in [2.75, 3.05) is 65.5 Å². The molecule has 6 N–H and O–H groups in total. The molecule has 0 saturated heterocycles. The predicted octanol–water partition coefficient (Wildman–Crippen LogP) is 3.86. The van der Waals surface area contributed by atoms with Crippen molar-refractivity contribution in [1.29, 1.82) is 0 Å². The van der Waals surface area contributed by atoms with Gasteiger partial charge in [0.2, 0.25) is 0 Å². The lowest BCUT2D eigenvalue weighted by atomic mass is 10.1. The molecule has 0 aliphatic heterocycles. The van der Waals surface area contributed by atoms with Gasteiger partial charge in [-0.2, -0.15) is 0 Å². The van der Waals surface area contributed by atoms with E-state index in [0.717, 1.165) is 65.3 Å². The van der Waals surface area contributed by atoms with Gasteiger partial charge in [0.15, 0.2) is 0 Å². The maximum atomic E-state index is 10.4. The molecule has 36 heavy (non-hydrogen) atoms.